The summed E-state index contributed by atoms with van der Waals surface area (Å²) in [5.74, 6) is -0.982. The third-order valence-electron chi connectivity index (χ3n) is 5.12. The molecule has 2 aromatic heterocycles. The number of nitrogens with zero attached hydrogens (tertiary/aromatic N) is 3. The zero-order valence-electron chi connectivity index (χ0n) is 17.1. The van der Waals surface area contributed by atoms with Gasteiger partial charge in [-0.3, -0.25) is 9.59 Å². The minimum atomic E-state index is -3.09. The Morgan fingerprint density at radius 1 is 1.34 bits per heavy atom. The van der Waals surface area contributed by atoms with E-state index in [0.29, 0.717) is 12.8 Å². The molecule has 158 valence electrons. The Balaban J connectivity index is 1.56. The van der Waals surface area contributed by atoms with Crippen molar-refractivity contribution in [3.63, 3.8) is 0 Å². The van der Waals surface area contributed by atoms with Gasteiger partial charge in [0.1, 0.15) is 0 Å². The van der Waals surface area contributed by atoms with E-state index in [2.05, 4.69) is 15.4 Å². The Bertz CT molecular complexity index is 1060. The van der Waals surface area contributed by atoms with E-state index >= 15 is 0 Å². The molecule has 0 aliphatic carbocycles. The summed E-state index contributed by atoms with van der Waals surface area (Å²) in [6, 6.07) is 1.47. The first kappa shape index (κ1) is 21.2. The van der Waals surface area contributed by atoms with Crippen LogP contribution < -0.4 is 5.32 Å². The third-order valence-corrected chi connectivity index (χ3v) is 6.89. The van der Waals surface area contributed by atoms with Gasteiger partial charge in [-0.2, -0.15) is 5.10 Å². The Kier molecular flexibility index (Phi) is 5.92. The number of aryl methyl sites for hydroxylation is 3. The largest absolute Gasteiger partial charge is 0.453 e. The molecule has 0 bridgehead atoms. The molecular formula is C19H26N4O5S. The van der Waals surface area contributed by atoms with Crippen molar-refractivity contribution in [3.05, 3.63) is 28.7 Å². The van der Waals surface area contributed by atoms with Crippen LogP contribution in [0.2, 0.25) is 0 Å². The van der Waals surface area contributed by atoms with Crippen LogP contribution in [0.5, 0.6) is 0 Å². The van der Waals surface area contributed by atoms with Crippen molar-refractivity contribution < 1.29 is 22.7 Å². The number of carbonyl (C=O) groups is 2. The minimum Gasteiger partial charge on any atom is -0.453 e. The van der Waals surface area contributed by atoms with Crippen LogP contribution in [0.1, 0.15) is 42.4 Å². The van der Waals surface area contributed by atoms with Gasteiger partial charge in [0, 0.05) is 29.9 Å². The van der Waals surface area contributed by atoms with E-state index in [0.717, 1.165) is 28.3 Å². The fraction of sp³-hybridized carbons (Fsp3) is 0.579. The standard InChI is InChI=1S/C19H26N4O5S/c1-11-9-17-20-12(2)16(13(3)23(17)22-11)5-6-18(24)28-14(4)19(25)21-15-7-8-29(26,27)10-15/h9,14-15H,5-8,10H2,1-4H3,(H,21,25)/t14-,15+/m1/s1. The second-order valence-electron chi connectivity index (χ2n) is 7.56. The molecule has 2 atom stereocenters. The lowest BCUT2D eigenvalue weighted by molar-refractivity contribution is -0.155. The number of sulfone groups is 1. The van der Waals surface area contributed by atoms with E-state index in [9.17, 15) is 18.0 Å². The summed E-state index contributed by atoms with van der Waals surface area (Å²) in [6.07, 6.45) is -0.0734. The Morgan fingerprint density at radius 2 is 2.07 bits per heavy atom. The van der Waals surface area contributed by atoms with Crippen molar-refractivity contribution in [2.24, 2.45) is 0 Å². The van der Waals surface area contributed by atoms with Crippen LogP contribution in [0.25, 0.3) is 5.65 Å². The van der Waals surface area contributed by atoms with Crippen LogP contribution >= 0.6 is 0 Å². The van der Waals surface area contributed by atoms with Crippen LogP contribution in [-0.4, -0.2) is 58.5 Å². The zero-order chi connectivity index (χ0) is 21.3. The van der Waals surface area contributed by atoms with Crippen LogP contribution in [0.15, 0.2) is 6.07 Å². The number of aromatic nitrogens is 3. The molecule has 0 spiro atoms. The van der Waals surface area contributed by atoms with Crippen molar-refractivity contribution in [3.8, 4) is 0 Å². The lowest BCUT2D eigenvalue weighted by atomic mass is 10.1. The van der Waals surface area contributed by atoms with Crippen LogP contribution in [0, 0.1) is 20.8 Å². The summed E-state index contributed by atoms with van der Waals surface area (Å²) in [5.41, 5.74) is 4.30. The molecule has 1 fully saturated rings. The molecule has 29 heavy (non-hydrogen) atoms. The van der Waals surface area contributed by atoms with Crippen molar-refractivity contribution in [1.82, 2.24) is 19.9 Å². The molecular weight excluding hydrogens is 396 g/mol. The number of carbonyl (C=O) groups excluding carboxylic acids is 2. The average Bonchev–Trinajstić information content (AvgIpc) is 3.15. The lowest BCUT2D eigenvalue weighted by Gasteiger charge is -2.17. The first-order chi connectivity index (χ1) is 13.6. The summed E-state index contributed by atoms with van der Waals surface area (Å²) < 4.78 is 29.9. The van der Waals surface area contributed by atoms with Gasteiger partial charge in [-0.15, -0.1) is 0 Å². The van der Waals surface area contributed by atoms with Gasteiger partial charge in [-0.25, -0.2) is 17.9 Å². The summed E-state index contributed by atoms with van der Waals surface area (Å²) in [5, 5.41) is 7.05. The van der Waals surface area contributed by atoms with Gasteiger partial charge >= 0.3 is 5.97 Å². The highest BCUT2D eigenvalue weighted by Gasteiger charge is 2.30. The van der Waals surface area contributed by atoms with Crippen LogP contribution in [-0.2, 0) is 30.6 Å². The van der Waals surface area contributed by atoms with Crippen molar-refractivity contribution in [1.29, 1.82) is 0 Å². The molecule has 0 saturated carbocycles. The van der Waals surface area contributed by atoms with Crippen molar-refractivity contribution >= 4 is 27.4 Å². The number of rotatable bonds is 6. The molecule has 1 amide bonds. The number of amides is 1. The normalized spacial score (nSPS) is 19.2. The van der Waals surface area contributed by atoms with Gasteiger partial charge in [0.15, 0.2) is 21.6 Å². The maximum absolute atomic E-state index is 12.2. The monoisotopic (exact) mass is 422 g/mol. The fourth-order valence-corrected chi connectivity index (χ4v) is 5.24. The number of hydrogen-bond donors (Lipinski definition) is 1. The second-order valence-corrected chi connectivity index (χ2v) is 9.79. The van der Waals surface area contributed by atoms with Crippen LogP contribution in [0.3, 0.4) is 0 Å². The molecule has 1 aliphatic rings. The number of nitrogens with one attached hydrogen (secondary N) is 1. The Labute approximate surface area is 169 Å². The highest BCUT2D eigenvalue weighted by atomic mass is 32.2. The molecule has 1 aliphatic heterocycles. The molecule has 1 N–H and O–H groups in total. The highest BCUT2D eigenvalue weighted by Crippen LogP contribution is 2.17. The maximum atomic E-state index is 12.2. The predicted octanol–water partition coefficient (Wildman–Crippen LogP) is 0.822. The number of ether oxygens (including phenoxy) is 1. The second kappa shape index (κ2) is 8.10. The quantitative estimate of drug-likeness (QED) is 0.685. The average molecular weight is 423 g/mol. The molecule has 3 heterocycles. The number of fused-ring (bicyclic) bond motifs is 1. The molecule has 2 aromatic rings. The van der Waals surface area contributed by atoms with E-state index in [1.54, 1.807) is 4.52 Å². The molecule has 0 radical (unpaired) electrons. The highest BCUT2D eigenvalue weighted by molar-refractivity contribution is 7.91. The predicted molar refractivity (Wildman–Crippen MR) is 106 cm³/mol. The first-order valence-electron chi connectivity index (χ1n) is 9.58. The summed E-state index contributed by atoms with van der Waals surface area (Å²) in [4.78, 5) is 28.9. The maximum Gasteiger partial charge on any atom is 0.306 e. The van der Waals surface area contributed by atoms with E-state index in [-0.39, 0.29) is 17.9 Å². The fourth-order valence-electron chi connectivity index (χ4n) is 3.57. The first-order valence-corrected chi connectivity index (χ1v) is 11.4. The van der Waals surface area contributed by atoms with Gasteiger partial charge in [-0.05, 0) is 46.1 Å². The lowest BCUT2D eigenvalue weighted by Crippen LogP contribution is -2.42. The Hall–Kier alpha value is -2.49. The molecule has 9 nitrogen and oxygen atoms in total. The van der Waals surface area contributed by atoms with Crippen molar-refractivity contribution in [2.45, 2.75) is 59.1 Å². The molecule has 10 heteroatoms. The van der Waals surface area contributed by atoms with E-state index in [1.165, 1.54) is 6.92 Å². The van der Waals surface area contributed by atoms with E-state index in [1.807, 2.05) is 26.8 Å². The summed E-state index contributed by atoms with van der Waals surface area (Å²) in [6.45, 7) is 7.20. The summed E-state index contributed by atoms with van der Waals surface area (Å²) in [7, 11) is -3.09. The smallest absolute Gasteiger partial charge is 0.306 e. The molecule has 3 rings (SSSR count). The van der Waals surface area contributed by atoms with Gasteiger partial charge in [-0.1, -0.05) is 0 Å². The third kappa shape index (κ3) is 4.92. The molecule has 1 saturated heterocycles. The summed E-state index contributed by atoms with van der Waals surface area (Å²) >= 11 is 0. The molecule has 0 unspecified atom stereocenters. The van der Waals surface area contributed by atoms with Gasteiger partial charge in [0.2, 0.25) is 0 Å². The zero-order valence-corrected chi connectivity index (χ0v) is 17.9. The van der Waals surface area contributed by atoms with Gasteiger partial charge < -0.3 is 10.1 Å². The van der Waals surface area contributed by atoms with Gasteiger partial charge in [0.05, 0.1) is 17.2 Å². The van der Waals surface area contributed by atoms with E-state index in [4.69, 9.17) is 4.74 Å². The Morgan fingerprint density at radius 3 is 2.72 bits per heavy atom. The van der Waals surface area contributed by atoms with Crippen LogP contribution in [0.4, 0.5) is 0 Å². The SMILES string of the molecule is Cc1cc2nc(C)c(CCC(=O)O[C@H](C)C(=O)N[C@H]3CCS(=O)(=O)C3)c(C)n2n1. The van der Waals surface area contributed by atoms with Gasteiger partial charge in [0.25, 0.3) is 5.91 Å². The number of hydrogen-bond acceptors (Lipinski definition) is 7. The van der Waals surface area contributed by atoms with Crippen molar-refractivity contribution in [2.75, 3.05) is 11.5 Å². The topological polar surface area (TPSA) is 120 Å². The minimum absolute atomic E-state index is 0.0684. The van der Waals surface area contributed by atoms with E-state index < -0.39 is 33.9 Å². The molecule has 0 aromatic carbocycles. The number of esters is 1.